The van der Waals surface area contributed by atoms with Crippen LogP contribution in [0.2, 0.25) is 0 Å². The molecule has 1 heterocycles. The molecule has 112 valence electrons. The number of pyridine rings is 1. The van der Waals surface area contributed by atoms with Crippen LogP contribution in [0.1, 0.15) is 20.8 Å². The molecule has 1 aromatic rings. The molecule has 1 amide bonds. The summed E-state index contributed by atoms with van der Waals surface area (Å²) in [6.45, 7) is 5.69. The SMILES string of the molecule is CCNc1ccc(S(=O)(=O)NCC(C)(C)C(N)=O)cn1. The van der Waals surface area contributed by atoms with Gasteiger partial charge in [0.1, 0.15) is 10.7 Å². The van der Waals surface area contributed by atoms with Gasteiger partial charge in [-0.2, -0.15) is 0 Å². The molecule has 4 N–H and O–H groups in total. The van der Waals surface area contributed by atoms with Crippen molar-refractivity contribution in [3.05, 3.63) is 18.3 Å². The van der Waals surface area contributed by atoms with Crippen LogP contribution in [-0.4, -0.2) is 32.4 Å². The summed E-state index contributed by atoms with van der Waals surface area (Å²) in [5.41, 5.74) is 4.24. The summed E-state index contributed by atoms with van der Waals surface area (Å²) in [5.74, 6) is 0.0322. The van der Waals surface area contributed by atoms with Gasteiger partial charge in [-0.25, -0.2) is 18.1 Å². The van der Waals surface area contributed by atoms with E-state index < -0.39 is 21.3 Å². The molecule has 20 heavy (non-hydrogen) atoms. The topological polar surface area (TPSA) is 114 Å². The molecule has 0 unspecified atom stereocenters. The van der Waals surface area contributed by atoms with Gasteiger partial charge >= 0.3 is 0 Å². The van der Waals surface area contributed by atoms with Crippen molar-refractivity contribution >= 4 is 21.7 Å². The third-order valence-corrected chi connectivity index (χ3v) is 4.16. The highest BCUT2D eigenvalue weighted by Crippen LogP contribution is 2.15. The number of nitrogens with one attached hydrogen (secondary N) is 2. The Balaban J connectivity index is 2.81. The van der Waals surface area contributed by atoms with Gasteiger partial charge in [0.2, 0.25) is 15.9 Å². The van der Waals surface area contributed by atoms with Crippen molar-refractivity contribution in [1.29, 1.82) is 0 Å². The summed E-state index contributed by atoms with van der Waals surface area (Å²) in [7, 11) is -3.71. The van der Waals surface area contributed by atoms with E-state index in [4.69, 9.17) is 5.73 Å². The predicted molar refractivity (Wildman–Crippen MR) is 76.6 cm³/mol. The van der Waals surface area contributed by atoms with E-state index in [9.17, 15) is 13.2 Å². The fourth-order valence-corrected chi connectivity index (χ4v) is 2.43. The molecule has 0 spiro atoms. The minimum Gasteiger partial charge on any atom is -0.370 e. The van der Waals surface area contributed by atoms with E-state index in [0.29, 0.717) is 12.4 Å². The van der Waals surface area contributed by atoms with E-state index in [1.807, 2.05) is 6.92 Å². The Bertz CT molecular complexity index is 567. The normalized spacial score (nSPS) is 12.2. The molecule has 0 bridgehead atoms. The van der Waals surface area contributed by atoms with Crippen molar-refractivity contribution in [2.75, 3.05) is 18.4 Å². The Morgan fingerprint density at radius 3 is 2.50 bits per heavy atom. The number of nitrogens with zero attached hydrogens (tertiary/aromatic N) is 1. The largest absolute Gasteiger partial charge is 0.370 e. The first-order valence-corrected chi connectivity index (χ1v) is 7.67. The molecule has 7 nitrogen and oxygen atoms in total. The quantitative estimate of drug-likeness (QED) is 0.670. The van der Waals surface area contributed by atoms with Gasteiger partial charge in [0.05, 0.1) is 5.41 Å². The average molecular weight is 300 g/mol. The molecule has 0 aliphatic heterocycles. The van der Waals surface area contributed by atoms with Crippen LogP contribution in [0.4, 0.5) is 5.82 Å². The Morgan fingerprint density at radius 2 is 2.05 bits per heavy atom. The molecule has 8 heteroatoms. The number of nitrogens with two attached hydrogens (primary N) is 1. The van der Waals surface area contributed by atoms with Crippen LogP contribution in [0.25, 0.3) is 0 Å². The fourth-order valence-electron chi connectivity index (χ4n) is 1.27. The molecule has 0 radical (unpaired) electrons. The van der Waals surface area contributed by atoms with E-state index in [1.54, 1.807) is 19.9 Å². The lowest BCUT2D eigenvalue weighted by Crippen LogP contribution is -2.42. The van der Waals surface area contributed by atoms with Crippen LogP contribution in [0.15, 0.2) is 23.2 Å². The van der Waals surface area contributed by atoms with Gasteiger partial charge in [0.15, 0.2) is 0 Å². The van der Waals surface area contributed by atoms with Crippen LogP contribution < -0.4 is 15.8 Å². The van der Waals surface area contributed by atoms with E-state index in [1.165, 1.54) is 12.3 Å². The number of amides is 1. The smallest absolute Gasteiger partial charge is 0.242 e. The van der Waals surface area contributed by atoms with Gasteiger partial charge in [-0.15, -0.1) is 0 Å². The lowest BCUT2D eigenvalue weighted by molar-refractivity contribution is -0.125. The summed E-state index contributed by atoms with van der Waals surface area (Å²) in [4.78, 5) is 15.2. The fraction of sp³-hybridized carbons (Fsp3) is 0.500. The van der Waals surface area contributed by atoms with E-state index in [0.717, 1.165) is 0 Å². The number of hydrogen-bond acceptors (Lipinski definition) is 5. The Labute approximate surface area is 119 Å². The molecule has 0 aliphatic carbocycles. The van der Waals surface area contributed by atoms with Crippen molar-refractivity contribution in [3.8, 4) is 0 Å². The van der Waals surface area contributed by atoms with E-state index in [2.05, 4.69) is 15.0 Å². The second-order valence-corrected chi connectivity index (χ2v) is 6.75. The molecule has 0 fully saturated rings. The van der Waals surface area contributed by atoms with Crippen LogP contribution in [0.3, 0.4) is 0 Å². The number of carbonyl (C=O) groups is 1. The molecule has 0 aromatic carbocycles. The molecule has 0 aliphatic rings. The third-order valence-electron chi connectivity index (χ3n) is 2.78. The molecule has 1 rings (SSSR count). The summed E-state index contributed by atoms with van der Waals surface area (Å²) in [6.07, 6.45) is 1.26. The van der Waals surface area contributed by atoms with Crippen molar-refractivity contribution in [2.24, 2.45) is 11.1 Å². The summed E-state index contributed by atoms with van der Waals surface area (Å²) in [6, 6.07) is 3.03. The summed E-state index contributed by atoms with van der Waals surface area (Å²) < 4.78 is 26.5. The Hall–Kier alpha value is -1.67. The lowest BCUT2D eigenvalue weighted by Gasteiger charge is -2.20. The van der Waals surface area contributed by atoms with Crippen LogP contribution in [0.5, 0.6) is 0 Å². The number of rotatable bonds is 7. The van der Waals surface area contributed by atoms with E-state index in [-0.39, 0.29) is 11.4 Å². The van der Waals surface area contributed by atoms with Gasteiger partial charge in [0, 0.05) is 19.3 Å². The van der Waals surface area contributed by atoms with Crippen molar-refractivity contribution in [3.63, 3.8) is 0 Å². The highest BCUT2D eigenvalue weighted by molar-refractivity contribution is 7.89. The number of carbonyl (C=O) groups excluding carboxylic acids is 1. The first-order chi connectivity index (χ1) is 9.19. The number of aromatic nitrogens is 1. The molecule has 0 atom stereocenters. The number of primary amides is 1. The van der Waals surface area contributed by atoms with Crippen LogP contribution in [-0.2, 0) is 14.8 Å². The first-order valence-electron chi connectivity index (χ1n) is 6.18. The van der Waals surface area contributed by atoms with Gasteiger partial charge in [-0.3, -0.25) is 4.79 Å². The van der Waals surface area contributed by atoms with Crippen LogP contribution in [0, 0.1) is 5.41 Å². The van der Waals surface area contributed by atoms with Crippen molar-refractivity contribution in [1.82, 2.24) is 9.71 Å². The third kappa shape index (κ3) is 4.17. The minimum atomic E-state index is -3.71. The lowest BCUT2D eigenvalue weighted by atomic mass is 9.93. The van der Waals surface area contributed by atoms with Gasteiger partial charge in [-0.1, -0.05) is 0 Å². The second kappa shape index (κ2) is 6.19. The molecular weight excluding hydrogens is 280 g/mol. The van der Waals surface area contributed by atoms with Crippen LogP contribution >= 0.6 is 0 Å². The highest BCUT2D eigenvalue weighted by atomic mass is 32.2. The number of hydrogen-bond donors (Lipinski definition) is 3. The number of sulfonamides is 1. The summed E-state index contributed by atoms with van der Waals surface area (Å²) in [5, 5.41) is 2.97. The number of anilines is 1. The second-order valence-electron chi connectivity index (χ2n) is 4.98. The Kier molecular flexibility index (Phi) is 5.07. The molecule has 0 saturated heterocycles. The maximum atomic E-state index is 12.0. The monoisotopic (exact) mass is 300 g/mol. The van der Waals surface area contributed by atoms with E-state index >= 15 is 0 Å². The van der Waals surface area contributed by atoms with Crippen molar-refractivity contribution in [2.45, 2.75) is 25.7 Å². The average Bonchev–Trinajstić information content (AvgIpc) is 2.38. The zero-order valence-corrected chi connectivity index (χ0v) is 12.6. The molecular formula is C12H20N4O3S. The standard InChI is InChI=1S/C12H20N4O3S/c1-4-14-10-6-5-9(7-15-10)20(18,19)16-8-12(2,3)11(13)17/h5-7,16H,4,8H2,1-3H3,(H2,13,17)(H,14,15). The minimum absolute atomic E-state index is 0.0411. The van der Waals surface area contributed by atoms with Gasteiger partial charge < -0.3 is 11.1 Å². The predicted octanol–water partition coefficient (Wildman–Crippen LogP) is 0.303. The van der Waals surface area contributed by atoms with Gasteiger partial charge in [-0.05, 0) is 32.9 Å². The maximum absolute atomic E-state index is 12.0. The Morgan fingerprint density at radius 1 is 1.40 bits per heavy atom. The molecule has 1 aromatic heterocycles. The zero-order chi connectivity index (χ0) is 15.4. The van der Waals surface area contributed by atoms with Crippen molar-refractivity contribution < 1.29 is 13.2 Å². The zero-order valence-electron chi connectivity index (χ0n) is 11.8. The summed E-state index contributed by atoms with van der Waals surface area (Å²) >= 11 is 0. The maximum Gasteiger partial charge on any atom is 0.242 e. The first kappa shape index (κ1) is 16.4. The molecule has 0 saturated carbocycles. The highest BCUT2D eigenvalue weighted by Gasteiger charge is 2.27. The van der Waals surface area contributed by atoms with Gasteiger partial charge in [0.25, 0.3) is 0 Å².